The van der Waals surface area contributed by atoms with Crippen molar-refractivity contribution in [2.24, 2.45) is 0 Å². The van der Waals surface area contributed by atoms with Crippen molar-refractivity contribution in [3.8, 4) is 0 Å². The number of nitrogens with zero attached hydrogens (tertiary/aromatic N) is 2. The van der Waals surface area contributed by atoms with E-state index in [0.717, 1.165) is 5.56 Å². The molecule has 0 bridgehead atoms. The normalized spacial score (nSPS) is 10.2. The molecule has 1 rings (SSSR count). The van der Waals surface area contributed by atoms with E-state index in [1.54, 1.807) is 38.1 Å². The average Bonchev–Trinajstić information content (AvgIpc) is 2.62. The highest BCUT2D eigenvalue weighted by Gasteiger charge is 2.26. The number of imide groups is 1. The molecular formula is C17H21N3O5. The molecule has 1 aromatic carbocycles. The van der Waals surface area contributed by atoms with Gasteiger partial charge < -0.3 is 14.9 Å². The summed E-state index contributed by atoms with van der Waals surface area (Å²) in [4.78, 5) is 52.5. The number of hydrogen-bond acceptors (Lipinski definition) is 5. The van der Waals surface area contributed by atoms with Crippen LogP contribution in [-0.2, 0) is 14.4 Å². The Labute approximate surface area is 146 Å². The zero-order valence-electron chi connectivity index (χ0n) is 14.2. The van der Waals surface area contributed by atoms with Crippen LogP contribution in [0.4, 0.5) is 9.59 Å². The lowest BCUT2D eigenvalue weighted by Crippen LogP contribution is -2.48. The number of carbonyl (C=O) groups excluding carboxylic acids is 4. The number of rotatable bonds is 6. The Bertz CT molecular complexity index is 630. The van der Waals surface area contributed by atoms with Crippen LogP contribution in [0.15, 0.2) is 36.4 Å². The SMILES string of the molecule is CCNC(=O)ON(CC)C(=O)N(CC=O)C(=O)C=Cc1ccccc1. The Morgan fingerprint density at radius 1 is 1.16 bits per heavy atom. The maximum Gasteiger partial charge on any atom is 0.431 e. The van der Waals surface area contributed by atoms with Crippen molar-refractivity contribution < 1.29 is 24.0 Å². The van der Waals surface area contributed by atoms with E-state index in [4.69, 9.17) is 4.84 Å². The van der Waals surface area contributed by atoms with Gasteiger partial charge in [-0.25, -0.2) is 9.59 Å². The number of aldehydes is 1. The van der Waals surface area contributed by atoms with Crippen molar-refractivity contribution in [1.82, 2.24) is 15.3 Å². The van der Waals surface area contributed by atoms with Crippen LogP contribution in [0.1, 0.15) is 19.4 Å². The van der Waals surface area contributed by atoms with Gasteiger partial charge in [0.1, 0.15) is 6.29 Å². The second-order valence-electron chi connectivity index (χ2n) is 4.75. The lowest BCUT2D eigenvalue weighted by Gasteiger charge is -2.25. The molecule has 0 fully saturated rings. The summed E-state index contributed by atoms with van der Waals surface area (Å²) in [6.07, 6.45) is 2.30. The summed E-state index contributed by atoms with van der Waals surface area (Å²) in [6.45, 7) is 3.14. The molecule has 8 heteroatoms. The van der Waals surface area contributed by atoms with Gasteiger partial charge in [-0.3, -0.25) is 9.69 Å². The molecule has 0 unspecified atom stereocenters. The standard InChI is InChI=1S/C17H21N3O5/c1-3-18-16(23)25-20(4-2)17(24)19(12-13-21)15(22)11-10-14-8-6-5-7-9-14/h5-11,13H,3-4,12H2,1-2H3,(H,18,23). The minimum Gasteiger partial charge on any atom is -0.320 e. The van der Waals surface area contributed by atoms with Crippen LogP contribution in [0, 0.1) is 0 Å². The lowest BCUT2D eigenvalue weighted by molar-refractivity contribution is -0.129. The van der Waals surface area contributed by atoms with Crippen LogP contribution in [0.2, 0.25) is 0 Å². The summed E-state index contributed by atoms with van der Waals surface area (Å²) < 4.78 is 0. The van der Waals surface area contributed by atoms with Gasteiger partial charge in [-0.1, -0.05) is 30.3 Å². The van der Waals surface area contributed by atoms with Gasteiger partial charge in [-0.2, -0.15) is 5.06 Å². The molecule has 4 amide bonds. The molecule has 0 aliphatic rings. The van der Waals surface area contributed by atoms with E-state index >= 15 is 0 Å². The Morgan fingerprint density at radius 3 is 2.40 bits per heavy atom. The van der Waals surface area contributed by atoms with E-state index in [2.05, 4.69) is 5.32 Å². The predicted molar refractivity (Wildman–Crippen MR) is 91.2 cm³/mol. The van der Waals surface area contributed by atoms with Crippen LogP contribution in [0.5, 0.6) is 0 Å². The average molecular weight is 347 g/mol. The molecule has 134 valence electrons. The van der Waals surface area contributed by atoms with Crippen LogP contribution in [0.3, 0.4) is 0 Å². The fraction of sp³-hybridized carbons (Fsp3) is 0.294. The van der Waals surface area contributed by atoms with Crippen LogP contribution in [-0.4, -0.2) is 53.9 Å². The summed E-state index contributed by atoms with van der Waals surface area (Å²) in [6, 6.07) is 8.11. The monoisotopic (exact) mass is 347 g/mol. The number of hydroxylamine groups is 2. The molecule has 25 heavy (non-hydrogen) atoms. The predicted octanol–water partition coefficient (Wildman–Crippen LogP) is 1.83. The van der Waals surface area contributed by atoms with Crippen molar-refractivity contribution in [3.05, 3.63) is 42.0 Å². The van der Waals surface area contributed by atoms with Crippen molar-refractivity contribution >= 4 is 30.4 Å². The van der Waals surface area contributed by atoms with E-state index < -0.39 is 24.6 Å². The van der Waals surface area contributed by atoms with Gasteiger partial charge in [-0.15, -0.1) is 0 Å². The molecule has 0 radical (unpaired) electrons. The number of benzene rings is 1. The van der Waals surface area contributed by atoms with Gasteiger partial charge in [0.15, 0.2) is 0 Å². The van der Waals surface area contributed by atoms with E-state index in [0.29, 0.717) is 22.8 Å². The summed E-state index contributed by atoms with van der Waals surface area (Å²) in [5.74, 6) is -0.695. The minimum atomic E-state index is -0.899. The quantitative estimate of drug-likeness (QED) is 0.481. The Hall–Kier alpha value is -3.16. The van der Waals surface area contributed by atoms with E-state index in [-0.39, 0.29) is 6.54 Å². The molecule has 8 nitrogen and oxygen atoms in total. The summed E-state index contributed by atoms with van der Waals surface area (Å²) in [7, 11) is 0. The highest BCUT2D eigenvalue weighted by atomic mass is 16.7. The fourth-order valence-electron chi connectivity index (χ4n) is 1.81. The summed E-state index contributed by atoms with van der Waals surface area (Å²) in [5.41, 5.74) is 0.764. The van der Waals surface area contributed by atoms with Gasteiger partial charge >= 0.3 is 12.1 Å². The highest BCUT2D eigenvalue weighted by molar-refractivity contribution is 6.03. The van der Waals surface area contributed by atoms with Gasteiger partial charge in [0.05, 0.1) is 13.1 Å². The fourth-order valence-corrected chi connectivity index (χ4v) is 1.81. The van der Waals surface area contributed by atoms with Crippen LogP contribution in [0.25, 0.3) is 6.08 Å². The smallest absolute Gasteiger partial charge is 0.320 e. The first kappa shape index (κ1) is 19.9. The topological polar surface area (TPSA) is 96.0 Å². The Morgan fingerprint density at radius 2 is 1.84 bits per heavy atom. The first-order valence-electron chi connectivity index (χ1n) is 7.79. The summed E-state index contributed by atoms with van der Waals surface area (Å²) >= 11 is 0. The van der Waals surface area contributed by atoms with E-state index in [1.165, 1.54) is 12.2 Å². The van der Waals surface area contributed by atoms with Gasteiger partial charge in [-0.05, 0) is 25.5 Å². The Balaban J connectivity index is 2.86. The number of carbonyl (C=O) groups is 4. The second-order valence-corrected chi connectivity index (χ2v) is 4.75. The van der Waals surface area contributed by atoms with Gasteiger partial charge in [0.2, 0.25) is 0 Å². The van der Waals surface area contributed by atoms with Crippen molar-refractivity contribution in [1.29, 1.82) is 0 Å². The maximum absolute atomic E-state index is 12.4. The van der Waals surface area contributed by atoms with Crippen LogP contribution < -0.4 is 5.32 Å². The number of nitrogens with one attached hydrogen (secondary N) is 1. The molecular weight excluding hydrogens is 326 g/mol. The molecule has 0 aliphatic heterocycles. The number of hydrogen-bond donors (Lipinski definition) is 1. The third kappa shape index (κ3) is 6.46. The highest BCUT2D eigenvalue weighted by Crippen LogP contribution is 2.05. The van der Waals surface area contributed by atoms with E-state index in [9.17, 15) is 19.2 Å². The number of amides is 4. The summed E-state index contributed by atoms with van der Waals surface area (Å²) in [5, 5.41) is 3.08. The van der Waals surface area contributed by atoms with Gasteiger partial charge in [0, 0.05) is 12.6 Å². The zero-order chi connectivity index (χ0) is 18.7. The lowest BCUT2D eigenvalue weighted by atomic mass is 10.2. The molecule has 0 saturated heterocycles. The molecule has 0 saturated carbocycles. The van der Waals surface area contributed by atoms with Crippen LogP contribution >= 0.6 is 0 Å². The molecule has 0 spiro atoms. The van der Waals surface area contributed by atoms with Gasteiger partial charge in [0.25, 0.3) is 5.91 Å². The molecule has 1 N–H and O–H groups in total. The Kier molecular flexibility index (Phi) is 8.42. The molecule has 1 aromatic rings. The van der Waals surface area contributed by atoms with E-state index in [1.807, 2.05) is 6.07 Å². The van der Waals surface area contributed by atoms with Crippen molar-refractivity contribution in [3.63, 3.8) is 0 Å². The zero-order valence-corrected chi connectivity index (χ0v) is 14.2. The molecule has 0 aliphatic carbocycles. The minimum absolute atomic E-state index is 0.0149. The molecule has 0 atom stereocenters. The van der Waals surface area contributed by atoms with Crippen molar-refractivity contribution in [2.75, 3.05) is 19.6 Å². The third-order valence-electron chi connectivity index (χ3n) is 2.99. The first-order chi connectivity index (χ1) is 12.0. The second kappa shape index (κ2) is 10.6. The number of urea groups is 1. The largest absolute Gasteiger partial charge is 0.431 e. The first-order valence-corrected chi connectivity index (χ1v) is 7.79. The maximum atomic E-state index is 12.4. The van der Waals surface area contributed by atoms with Crippen molar-refractivity contribution in [2.45, 2.75) is 13.8 Å². The third-order valence-corrected chi connectivity index (χ3v) is 2.99. The molecule has 0 heterocycles. The molecule has 0 aromatic heterocycles.